The van der Waals surface area contributed by atoms with E-state index in [2.05, 4.69) is 4.72 Å². The monoisotopic (exact) mass is 512 g/mol. The van der Waals surface area contributed by atoms with Gasteiger partial charge in [0, 0.05) is 16.4 Å². The highest BCUT2D eigenvalue weighted by atomic mass is 35.5. The smallest absolute Gasteiger partial charge is 0.340 e. The summed E-state index contributed by atoms with van der Waals surface area (Å²) in [6.45, 7) is 1.55. The van der Waals surface area contributed by atoms with Gasteiger partial charge in [0.05, 0.1) is 29.7 Å². The van der Waals surface area contributed by atoms with Crippen LogP contribution in [0.2, 0.25) is 5.02 Å². The number of nitrogens with one attached hydrogen (secondary N) is 1. The van der Waals surface area contributed by atoms with E-state index in [1.807, 2.05) is 6.07 Å². The Morgan fingerprint density at radius 3 is 2.43 bits per heavy atom. The molecule has 1 amide bonds. The topological polar surface area (TPSA) is 106 Å². The standard InChI is InChI=1S/C25H21ClN2O6S/c1-16-23(25(30)33-2)22(24(29)28(16)18-6-4-3-5-7-18)14-19-10-11-20(34-19)15-27-35(31,32)21-12-8-17(26)9-13-21/h3-14,27H,15H2,1-2H3/b22-14+. The summed E-state index contributed by atoms with van der Waals surface area (Å²) < 4.78 is 38.0. The van der Waals surface area contributed by atoms with Gasteiger partial charge in [0.2, 0.25) is 10.0 Å². The summed E-state index contributed by atoms with van der Waals surface area (Å²) in [5, 5.41) is 0.426. The Bertz CT molecular complexity index is 1440. The van der Waals surface area contributed by atoms with Gasteiger partial charge in [-0.1, -0.05) is 29.8 Å². The number of anilines is 1. The molecule has 8 nitrogen and oxygen atoms in total. The molecule has 0 unspecified atom stereocenters. The molecule has 0 atom stereocenters. The zero-order chi connectivity index (χ0) is 25.2. The van der Waals surface area contributed by atoms with Crippen LogP contribution >= 0.6 is 11.6 Å². The number of carbonyl (C=O) groups is 2. The Labute approximate surface area is 207 Å². The number of amides is 1. The summed E-state index contributed by atoms with van der Waals surface area (Å²) in [5.41, 5.74) is 1.28. The van der Waals surface area contributed by atoms with Crippen LogP contribution in [0.3, 0.4) is 0 Å². The van der Waals surface area contributed by atoms with Crippen molar-refractivity contribution < 1.29 is 27.2 Å². The summed E-state index contributed by atoms with van der Waals surface area (Å²) in [6.07, 6.45) is 1.44. The van der Waals surface area contributed by atoms with Crippen molar-refractivity contribution in [2.45, 2.75) is 18.4 Å². The number of nitrogens with zero attached hydrogens (tertiary/aromatic N) is 1. The quantitative estimate of drug-likeness (QED) is 0.374. The maximum atomic E-state index is 13.3. The first-order valence-corrected chi connectivity index (χ1v) is 12.3. The van der Waals surface area contributed by atoms with E-state index in [0.29, 0.717) is 22.2 Å². The van der Waals surface area contributed by atoms with Crippen LogP contribution in [0.25, 0.3) is 6.08 Å². The highest BCUT2D eigenvalue weighted by molar-refractivity contribution is 7.89. The van der Waals surface area contributed by atoms with Crippen molar-refractivity contribution in [2.24, 2.45) is 0 Å². The maximum absolute atomic E-state index is 13.3. The average Bonchev–Trinajstić information content (AvgIpc) is 3.40. The number of sulfonamides is 1. The van der Waals surface area contributed by atoms with Crippen molar-refractivity contribution in [3.8, 4) is 0 Å². The van der Waals surface area contributed by atoms with Gasteiger partial charge in [-0.2, -0.15) is 0 Å². The summed E-state index contributed by atoms with van der Waals surface area (Å²) >= 11 is 5.81. The Balaban J connectivity index is 1.58. The first-order valence-electron chi connectivity index (χ1n) is 10.5. The van der Waals surface area contributed by atoms with Crippen molar-refractivity contribution in [3.05, 3.63) is 100 Å². The highest BCUT2D eigenvalue weighted by Gasteiger charge is 2.38. The minimum atomic E-state index is -3.78. The zero-order valence-electron chi connectivity index (χ0n) is 18.8. The van der Waals surface area contributed by atoms with Crippen LogP contribution in [-0.4, -0.2) is 27.4 Å². The van der Waals surface area contributed by atoms with Crippen molar-refractivity contribution in [3.63, 3.8) is 0 Å². The summed E-state index contributed by atoms with van der Waals surface area (Å²) in [4.78, 5) is 27.3. The van der Waals surface area contributed by atoms with Gasteiger partial charge in [-0.05, 0) is 61.5 Å². The number of hydrogen-bond donors (Lipinski definition) is 1. The molecule has 0 fully saturated rings. The van der Waals surface area contributed by atoms with Crippen LogP contribution in [-0.2, 0) is 30.9 Å². The van der Waals surface area contributed by atoms with Gasteiger partial charge in [0.25, 0.3) is 5.91 Å². The number of furan rings is 1. The zero-order valence-corrected chi connectivity index (χ0v) is 20.4. The molecule has 180 valence electrons. The summed E-state index contributed by atoms with van der Waals surface area (Å²) in [7, 11) is -2.54. The lowest BCUT2D eigenvalue weighted by molar-refractivity contribution is -0.136. The van der Waals surface area contributed by atoms with E-state index < -0.39 is 21.9 Å². The predicted molar refractivity (Wildman–Crippen MR) is 131 cm³/mol. The number of hydrogen-bond acceptors (Lipinski definition) is 6. The van der Waals surface area contributed by atoms with E-state index in [4.69, 9.17) is 20.8 Å². The first kappa shape index (κ1) is 24.5. The largest absolute Gasteiger partial charge is 0.465 e. The predicted octanol–water partition coefficient (Wildman–Crippen LogP) is 4.29. The second-order valence-corrected chi connectivity index (χ2v) is 9.77. The number of benzene rings is 2. The van der Waals surface area contributed by atoms with Crippen molar-refractivity contribution in [1.29, 1.82) is 0 Å². The van der Waals surface area contributed by atoms with Crippen LogP contribution in [0.1, 0.15) is 18.4 Å². The minimum absolute atomic E-state index is 0.0664. The molecule has 1 aromatic heterocycles. The molecule has 35 heavy (non-hydrogen) atoms. The third kappa shape index (κ3) is 5.07. The molecule has 0 spiro atoms. The molecule has 2 heterocycles. The normalized spacial score (nSPS) is 15.2. The number of halogens is 1. The molecule has 2 aromatic carbocycles. The summed E-state index contributed by atoms with van der Waals surface area (Å²) in [6, 6.07) is 17.9. The molecule has 1 aliphatic heterocycles. The Morgan fingerprint density at radius 1 is 1.09 bits per heavy atom. The van der Waals surface area contributed by atoms with Crippen LogP contribution in [0.15, 0.2) is 92.9 Å². The first-order chi connectivity index (χ1) is 16.7. The van der Waals surface area contributed by atoms with Gasteiger partial charge in [-0.25, -0.2) is 17.9 Å². The lowest BCUT2D eigenvalue weighted by Gasteiger charge is -2.17. The Hall–Kier alpha value is -3.66. The molecule has 3 aromatic rings. The fraction of sp³-hybridized carbons (Fsp3) is 0.120. The molecule has 0 saturated heterocycles. The number of carbonyl (C=O) groups excluding carboxylic acids is 2. The molecule has 10 heteroatoms. The summed E-state index contributed by atoms with van der Waals surface area (Å²) in [5.74, 6) is -0.461. The third-order valence-electron chi connectivity index (χ3n) is 5.33. The van der Waals surface area contributed by atoms with E-state index in [-0.39, 0.29) is 28.3 Å². The van der Waals surface area contributed by atoms with Crippen LogP contribution < -0.4 is 9.62 Å². The van der Waals surface area contributed by atoms with Crippen LogP contribution in [0.4, 0.5) is 5.69 Å². The molecular formula is C25H21ClN2O6S. The number of para-hydroxylation sites is 1. The van der Waals surface area contributed by atoms with Crippen LogP contribution in [0, 0.1) is 0 Å². The van der Waals surface area contributed by atoms with Crippen molar-refractivity contribution in [1.82, 2.24) is 4.72 Å². The third-order valence-corrected chi connectivity index (χ3v) is 7.00. The minimum Gasteiger partial charge on any atom is -0.465 e. The Morgan fingerprint density at radius 2 is 1.77 bits per heavy atom. The fourth-order valence-corrected chi connectivity index (χ4v) is 4.76. The van der Waals surface area contributed by atoms with E-state index in [0.717, 1.165) is 0 Å². The molecule has 0 bridgehead atoms. The molecule has 0 saturated carbocycles. The van der Waals surface area contributed by atoms with Gasteiger partial charge in [-0.15, -0.1) is 0 Å². The second kappa shape index (κ2) is 9.91. The number of methoxy groups -OCH3 is 1. The number of allylic oxidation sites excluding steroid dienone is 1. The lowest BCUT2D eigenvalue weighted by Crippen LogP contribution is -2.24. The van der Waals surface area contributed by atoms with Gasteiger partial charge in [0.15, 0.2) is 0 Å². The van der Waals surface area contributed by atoms with Crippen molar-refractivity contribution >= 4 is 45.3 Å². The molecule has 0 radical (unpaired) electrons. The molecule has 4 rings (SSSR count). The van der Waals surface area contributed by atoms with Gasteiger partial charge >= 0.3 is 5.97 Å². The van der Waals surface area contributed by atoms with Crippen molar-refractivity contribution in [2.75, 3.05) is 12.0 Å². The fourth-order valence-electron chi connectivity index (χ4n) is 3.64. The molecule has 0 aliphatic carbocycles. The average molecular weight is 513 g/mol. The molecule has 1 N–H and O–H groups in total. The van der Waals surface area contributed by atoms with E-state index in [9.17, 15) is 18.0 Å². The van der Waals surface area contributed by atoms with E-state index >= 15 is 0 Å². The Kier molecular flexibility index (Phi) is 6.93. The highest BCUT2D eigenvalue weighted by Crippen LogP contribution is 2.35. The van der Waals surface area contributed by atoms with E-state index in [1.54, 1.807) is 43.3 Å². The van der Waals surface area contributed by atoms with E-state index in [1.165, 1.54) is 42.4 Å². The second-order valence-electron chi connectivity index (χ2n) is 7.57. The lowest BCUT2D eigenvalue weighted by atomic mass is 10.1. The van der Waals surface area contributed by atoms with Gasteiger partial charge in [0.1, 0.15) is 11.5 Å². The molecule has 1 aliphatic rings. The van der Waals surface area contributed by atoms with Gasteiger partial charge in [-0.3, -0.25) is 9.69 Å². The maximum Gasteiger partial charge on any atom is 0.340 e. The number of rotatable bonds is 7. The number of esters is 1. The van der Waals surface area contributed by atoms with Crippen LogP contribution in [0.5, 0.6) is 0 Å². The van der Waals surface area contributed by atoms with Gasteiger partial charge < -0.3 is 9.15 Å². The number of ether oxygens (including phenoxy) is 1. The SMILES string of the molecule is COC(=O)C1=C(C)N(c2ccccc2)C(=O)/C1=C/c1ccc(CNS(=O)(=O)c2ccc(Cl)cc2)o1. The molecular weight excluding hydrogens is 492 g/mol.